The lowest BCUT2D eigenvalue weighted by molar-refractivity contribution is -0.210. The van der Waals surface area contributed by atoms with Gasteiger partial charge in [-0.1, -0.05) is 24.3 Å². The zero-order valence-corrected chi connectivity index (χ0v) is 10.5. The first-order valence-electron chi connectivity index (χ1n) is 6.82. The van der Waals surface area contributed by atoms with E-state index in [0.717, 1.165) is 45.5 Å². The average Bonchev–Trinajstić information content (AvgIpc) is 3.01. The fraction of sp³-hybridized carbons (Fsp3) is 0.600. The van der Waals surface area contributed by atoms with Gasteiger partial charge in [-0.2, -0.15) is 0 Å². The first kappa shape index (κ1) is 11.0. The van der Waals surface area contributed by atoms with E-state index in [9.17, 15) is 0 Å². The number of fused-ring (bicyclic) bond motifs is 2. The standard InChI is InChI=1S/C15H18O3/c1-2-4-13-12(3-1)11-18-14(13)5-7-15(8-6-14)16-9-10-17-15/h1-4H,5-11H2. The molecule has 2 fully saturated rings. The number of rotatable bonds is 0. The van der Waals surface area contributed by atoms with Crippen LogP contribution >= 0.6 is 0 Å². The molecule has 0 radical (unpaired) electrons. The average molecular weight is 246 g/mol. The lowest BCUT2D eigenvalue weighted by atomic mass is 9.77. The highest BCUT2D eigenvalue weighted by Gasteiger charge is 2.50. The lowest BCUT2D eigenvalue weighted by Gasteiger charge is -2.41. The van der Waals surface area contributed by atoms with Crippen LogP contribution in [-0.4, -0.2) is 19.0 Å². The maximum Gasteiger partial charge on any atom is 0.168 e. The van der Waals surface area contributed by atoms with Crippen LogP contribution in [0.1, 0.15) is 36.8 Å². The fourth-order valence-corrected chi connectivity index (χ4v) is 3.62. The quantitative estimate of drug-likeness (QED) is 0.704. The Morgan fingerprint density at radius 1 is 0.833 bits per heavy atom. The molecular weight excluding hydrogens is 228 g/mol. The second-order valence-corrected chi connectivity index (χ2v) is 5.55. The Kier molecular flexibility index (Phi) is 2.31. The Bertz CT molecular complexity index is 453. The van der Waals surface area contributed by atoms with E-state index in [-0.39, 0.29) is 11.4 Å². The third-order valence-corrected chi connectivity index (χ3v) is 4.65. The van der Waals surface area contributed by atoms with Crippen LogP contribution in [0.15, 0.2) is 24.3 Å². The molecule has 3 aliphatic rings. The van der Waals surface area contributed by atoms with E-state index in [1.807, 2.05) is 0 Å². The van der Waals surface area contributed by atoms with Crippen molar-refractivity contribution in [3.05, 3.63) is 35.4 Å². The van der Waals surface area contributed by atoms with Crippen molar-refractivity contribution < 1.29 is 14.2 Å². The van der Waals surface area contributed by atoms with Crippen molar-refractivity contribution in [1.82, 2.24) is 0 Å². The molecule has 18 heavy (non-hydrogen) atoms. The van der Waals surface area contributed by atoms with Gasteiger partial charge in [-0.3, -0.25) is 0 Å². The van der Waals surface area contributed by atoms with Crippen molar-refractivity contribution in [3.8, 4) is 0 Å². The molecule has 0 atom stereocenters. The van der Waals surface area contributed by atoms with Crippen LogP contribution in [0.3, 0.4) is 0 Å². The Balaban J connectivity index is 1.61. The monoisotopic (exact) mass is 246 g/mol. The van der Waals surface area contributed by atoms with Gasteiger partial charge in [0.15, 0.2) is 5.79 Å². The summed E-state index contributed by atoms with van der Waals surface area (Å²) >= 11 is 0. The molecule has 3 heteroatoms. The highest BCUT2D eigenvalue weighted by molar-refractivity contribution is 5.35. The van der Waals surface area contributed by atoms with E-state index in [0.29, 0.717) is 0 Å². The molecule has 0 N–H and O–H groups in total. The zero-order valence-electron chi connectivity index (χ0n) is 10.5. The summed E-state index contributed by atoms with van der Waals surface area (Å²) in [7, 11) is 0. The van der Waals surface area contributed by atoms with Crippen LogP contribution in [0.4, 0.5) is 0 Å². The van der Waals surface area contributed by atoms with Crippen LogP contribution < -0.4 is 0 Å². The predicted molar refractivity (Wildman–Crippen MR) is 66.0 cm³/mol. The molecule has 4 rings (SSSR count). The third-order valence-electron chi connectivity index (χ3n) is 4.65. The Labute approximate surface area is 107 Å². The molecule has 1 saturated heterocycles. The van der Waals surface area contributed by atoms with Gasteiger partial charge in [-0.15, -0.1) is 0 Å². The summed E-state index contributed by atoms with van der Waals surface area (Å²) in [5.41, 5.74) is 2.66. The zero-order chi connectivity index (χ0) is 12.1. The van der Waals surface area contributed by atoms with Gasteiger partial charge in [0.05, 0.1) is 25.4 Å². The minimum atomic E-state index is -0.299. The van der Waals surface area contributed by atoms with Crippen molar-refractivity contribution in [2.75, 3.05) is 13.2 Å². The smallest absolute Gasteiger partial charge is 0.168 e. The summed E-state index contributed by atoms with van der Waals surface area (Å²) in [6.45, 7) is 2.24. The predicted octanol–water partition coefficient (Wildman–Crippen LogP) is 2.73. The van der Waals surface area contributed by atoms with E-state index in [1.54, 1.807) is 0 Å². The van der Waals surface area contributed by atoms with Gasteiger partial charge in [0, 0.05) is 12.8 Å². The second-order valence-electron chi connectivity index (χ2n) is 5.55. The molecular formula is C15H18O3. The molecule has 2 heterocycles. The topological polar surface area (TPSA) is 27.7 Å². The van der Waals surface area contributed by atoms with Gasteiger partial charge in [-0.25, -0.2) is 0 Å². The number of hydrogen-bond acceptors (Lipinski definition) is 3. The molecule has 1 aliphatic carbocycles. The van der Waals surface area contributed by atoms with Gasteiger partial charge in [0.25, 0.3) is 0 Å². The molecule has 0 amide bonds. The normalized spacial score (nSPS) is 27.8. The second kappa shape index (κ2) is 3.80. The largest absolute Gasteiger partial charge is 0.366 e. The highest BCUT2D eigenvalue weighted by atomic mass is 16.7. The molecule has 1 aromatic carbocycles. The SMILES string of the molecule is c1ccc2c(c1)COC21CCC2(CC1)OCCO2. The number of ether oxygens (including phenoxy) is 3. The van der Waals surface area contributed by atoms with Gasteiger partial charge in [-0.05, 0) is 24.0 Å². The van der Waals surface area contributed by atoms with Crippen LogP contribution in [-0.2, 0) is 26.4 Å². The molecule has 96 valence electrons. The van der Waals surface area contributed by atoms with Crippen LogP contribution in [0.2, 0.25) is 0 Å². The Morgan fingerprint density at radius 2 is 1.56 bits per heavy atom. The lowest BCUT2D eigenvalue weighted by Crippen LogP contribution is -2.41. The highest BCUT2D eigenvalue weighted by Crippen LogP contribution is 2.50. The van der Waals surface area contributed by atoms with Crippen molar-refractivity contribution in [1.29, 1.82) is 0 Å². The van der Waals surface area contributed by atoms with E-state index in [2.05, 4.69) is 24.3 Å². The van der Waals surface area contributed by atoms with Crippen LogP contribution in [0.25, 0.3) is 0 Å². The van der Waals surface area contributed by atoms with Crippen LogP contribution in [0.5, 0.6) is 0 Å². The minimum absolute atomic E-state index is 0.0723. The van der Waals surface area contributed by atoms with Crippen molar-refractivity contribution >= 4 is 0 Å². The molecule has 0 aromatic heterocycles. The van der Waals surface area contributed by atoms with E-state index < -0.39 is 0 Å². The summed E-state index contributed by atoms with van der Waals surface area (Å²) in [4.78, 5) is 0. The summed E-state index contributed by atoms with van der Waals surface area (Å²) in [5.74, 6) is -0.299. The first-order chi connectivity index (χ1) is 8.82. The summed E-state index contributed by atoms with van der Waals surface area (Å²) < 4.78 is 17.7. The summed E-state index contributed by atoms with van der Waals surface area (Å²) in [6.07, 6.45) is 3.90. The number of benzene rings is 1. The molecule has 2 aliphatic heterocycles. The minimum Gasteiger partial charge on any atom is -0.366 e. The van der Waals surface area contributed by atoms with Gasteiger partial charge >= 0.3 is 0 Å². The van der Waals surface area contributed by atoms with E-state index >= 15 is 0 Å². The Morgan fingerprint density at radius 3 is 2.33 bits per heavy atom. The summed E-state index contributed by atoms with van der Waals surface area (Å²) in [6, 6.07) is 8.60. The van der Waals surface area contributed by atoms with E-state index in [4.69, 9.17) is 14.2 Å². The number of hydrogen-bond donors (Lipinski definition) is 0. The van der Waals surface area contributed by atoms with Crippen LogP contribution in [0, 0.1) is 0 Å². The first-order valence-corrected chi connectivity index (χ1v) is 6.82. The molecule has 2 spiro atoms. The van der Waals surface area contributed by atoms with Crippen molar-refractivity contribution in [2.45, 2.75) is 43.7 Å². The Hall–Kier alpha value is -0.900. The van der Waals surface area contributed by atoms with Crippen molar-refractivity contribution in [2.24, 2.45) is 0 Å². The molecule has 1 saturated carbocycles. The van der Waals surface area contributed by atoms with E-state index in [1.165, 1.54) is 11.1 Å². The third kappa shape index (κ3) is 1.48. The molecule has 1 aromatic rings. The molecule has 3 nitrogen and oxygen atoms in total. The summed E-state index contributed by atoms with van der Waals surface area (Å²) in [5, 5.41) is 0. The van der Waals surface area contributed by atoms with Gasteiger partial charge in [0.2, 0.25) is 0 Å². The van der Waals surface area contributed by atoms with Gasteiger partial charge < -0.3 is 14.2 Å². The fourth-order valence-electron chi connectivity index (χ4n) is 3.62. The van der Waals surface area contributed by atoms with Crippen molar-refractivity contribution in [3.63, 3.8) is 0 Å². The molecule has 0 bridgehead atoms. The maximum absolute atomic E-state index is 6.14. The molecule has 0 unspecified atom stereocenters. The van der Waals surface area contributed by atoms with Gasteiger partial charge in [0.1, 0.15) is 0 Å². The maximum atomic E-state index is 6.14.